The Hall–Kier alpha value is -1.57. The van der Waals surface area contributed by atoms with Crippen molar-refractivity contribution in [2.24, 2.45) is 0 Å². The highest BCUT2D eigenvalue weighted by atomic mass is 19.3. The van der Waals surface area contributed by atoms with Crippen molar-refractivity contribution in [3.63, 3.8) is 0 Å². The molecule has 1 aromatic rings. The molecule has 1 aromatic heterocycles. The maximum atomic E-state index is 14.3. The molecule has 1 atom stereocenters. The first-order valence-electron chi connectivity index (χ1n) is 7.36. The number of nitrogens with zero attached hydrogens (tertiary/aromatic N) is 3. The van der Waals surface area contributed by atoms with Crippen LogP contribution < -0.4 is 0 Å². The molecule has 0 N–H and O–H groups in total. The van der Waals surface area contributed by atoms with Gasteiger partial charge >= 0.3 is 5.97 Å². The molecule has 2 rings (SSSR count). The zero-order valence-corrected chi connectivity index (χ0v) is 13.0. The van der Waals surface area contributed by atoms with Crippen molar-refractivity contribution in [3.05, 3.63) is 11.4 Å². The van der Waals surface area contributed by atoms with Crippen LogP contribution in [0, 0.1) is 0 Å². The van der Waals surface area contributed by atoms with Crippen LogP contribution in [-0.4, -0.2) is 40.8 Å². The van der Waals surface area contributed by atoms with Gasteiger partial charge in [-0.05, 0) is 33.1 Å². The number of rotatable bonds is 4. The lowest BCUT2D eigenvalue weighted by Crippen LogP contribution is -2.27. The number of fused-ring (bicyclic) bond motifs is 1. The summed E-state index contributed by atoms with van der Waals surface area (Å²) in [5.41, 5.74) is 0.221. The van der Waals surface area contributed by atoms with Crippen LogP contribution in [0.5, 0.6) is 0 Å². The molecule has 1 unspecified atom stereocenters. The summed E-state index contributed by atoms with van der Waals surface area (Å²) in [6.45, 7) is 3.52. The van der Waals surface area contributed by atoms with Crippen molar-refractivity contribution in [3.8, 4) is 0 Å². The number of carbonyl (C=O) groups is 1. The van der Waals surface area contributed by atoms with Crippen LogP contribution in [0.25, 0.3) is 0 Å². The lowest BCUT2D eigenvalue weighted by molar-refractivity contribution is -0.148. The van der Waals surface area contributed by atoms with E-state index in [2.05, 4.69) is 15.0 Å². The molecule has 0 radical (unpaired) electrons. The van der Waals surface area contributed by atoms with E-state index >= 15 is 0 Å². The number of ether oxygens (including phenoxy) is 2. The van der Waals surface area contributed by atoms with E-state index < -0.39 is 18.0 Å². The van der Waals surface area contributed by atoms with Crippen molar-refractivity contribution >= 4 is 5.97 Å². The molecule has 8 heteroatoms. The fourth-order valence-corrected chi connectivity index (χ4v) is 2.56. The minimum Gasteiger partial charge on any atom is -0.467 e. The molecular formula is C14H21F2N3O3. The SMILES string of the molecule is COC(=O)COC1CCc2c(nnn2C(C)C)C(F)(F)CC1. The third-order valence-electron chi connectivity index (χ3n) is 3.77. The maximum Gasteiger partial charge on any atom is 0.331 e. The van der Waals surface area contributed by atoms with Gasteiger partial charge in [-0.3, -0.25) is 0 Å². The molecule has 1 heterocycles. The third kappa shape index (κ3) is 3.60. The number of hydrogen-bond acceptors (Lipinski definition) is 5. The second-order valence-corrected chi connectivity index (χ2v) is 5.71. The normalized spacial score (nSPS) is 21.1. The van der Waals surface area contributed by atoms with E-state index in [1.165, 1.54) is 11.8 Å². The Labute approximate surface area is 127 Å². The van der Waals surface area contributed by atoms with Crippen molar-refractivity contribution < 1.29 is 23.0 Å². The Morgan fingerprint density at radius 3 is 2.82 bits per heavy atom. The molecular weight excluding hydrogens is 296 g/mol. The molecule has 1 aliphatic rings. The van der Waals surface area contributed by atoms with Gasteiger partial charge in [-0.2, -0.15) is 8.78 Å². The van der Waals surface area contributed by atoms with Crippen molar-refractivity contribution in [2.75, 3.05) is 13.7 Å². The monoisotopic (exact) mass is 317 g/mol. The molecule has 6 nitrogen and oxygen atoms in total. The third-order valence-corrected chi connectivity index (χ3v) is 3.77. The maximum absolute atomic E-state index is 14.3. The Morgan fingerprint density at radius 2 is 2.18 bits per heavy atom. The molecule has 0 bridgehead atoms. The van der Waals surface area contributed by atoms with E-state index in [-0.39, 0.29) is 31.2 Å². The van der Waals surface area contributed by atoms with E-state index in [9.17, 15) is 13.6 Å². The fraction of sp³-hybridized carbons (Fsp3) is 0.786. The predicted octanol–water partition coefficient (Wildman–Crippen LogP) is 2.24. The lowest BCUT2D eigenvalue weighted by atomic mass is 9.96. The highest BCUT2D eigenvalue weighted by Gasteiger charge is 2.40. The second kappa shape index (κ2) is 6.68. The van der Waals surface area contributed by atoms with Crippen LogP contribution in [-0.2, 0) is 26.6 Å². The van der Waals surface area contributed by atoms with Crippen molar-refractivity contribution in [1.29, 1.82) is 0 Å². The first kappa shape index (κ1) is 16.8. The first-order chi connectivity index (χ1) is 10.3. The number of carbonyl (C=O) groups excluding carboxylic acids is 1. The summed E-state index contributed by atoms with van der Waals surface area (Å²) in [4.78, 5) is 11.1. The number of hydrogen-bond donors (Lipinski definition) is 0. The van der Waals surface area contributed by atoms with Crippen LogP contribution in [0.15, 0.2) is 0 Å². The van der Waals surface area contributed by atoms with Crippen LogP contribution in [0.3, 0.4) is 0 Å². The number of halogens is 2. The van der Waals surface area contributed by atoms with Crippen molar-refractivity contribution in [1.82, 2.24) is 15.0 Å². The quantitative estimate of drug-likeness (QED) is 0.797. The summed E-state index contributed by atoms with van der Waals surface area (Å²) < 4.78 is 40.0. The van der Waals surface area contributed by atoms with Crippen LogP contribution in [0.1, 0.15) is 50.5 Å². The standard InChI is InChI=1S/C14H21F2N3O3/c1-9(2)19-11-5-4-10(22-8-12(20)21-3)6-7-14(15,16)13(11)17-18-19/h9-10H,4-8H2,1-3H3. The van der Waals surface area contributed by atoms with Gasteiger partial charge in [0.1, 0.15) is 6.61 Å². The summed E-state index contributed by atoms with van der Waals surface area (Å²) in [6, 6.07) is -0.0408. The van der Waals surface area contributed by atoms with Gasteiger partial charge in [0.15, 0.2) is 5.69 Å². The van der Waals surface area contributed by atoms with Gasteiger partial charge in [0.25, 0.3) is 5.92 Å². The molecule has 0 saturated heterocycles. The van der Waals surface area contributed by atoms with Crippen LogP contribution in [0.2, 0.25) is 0 Å². The summed E-state index contributed by atoms with van der Waals surface area (Å²) in [7, 11) is 1.26. The van der Waals surface area contributed by atoms with Crippen LogP contribution in [0.4, 0.5) is 8.78 Å². The van der Waals surface area contributed by atoms with Crippen LogP contribution >= 0.6 is 0 Å². The Balaban J connectivity index is 2.16. The van der Waals surface area contributed by atoms with Gasteiger partial charge in [0.2, 0.25) is 0 Å². The van der Waals surface area contributed by atoms with Gasteiger partial charge in [0.05, 0.1) is 18.9 Å². The molecule has 0 aliphatic heterocycles. The van der Waals surface area contributed by atoms with E-state index in [1.807, 2.05) is 13.8 Å². The summed E-state index contributed by atoms with van der Waals surface area (Å²) >= 11 is 0. The number of aromatic nitrogens is 3. The van der Waals surface area contributed by atoms with E-state index in [4.69, 9.17) is 4.74 Å². The Bertz CT molecular complexity index is 531. The Morgan fingerprint density at radius 1 is 1.45 bits per heavy atom. The van der Waals surface area contributed by atoms with E-state index in [0.717, 1.165) is 0 Å². The summed E-state index contributed by atoms with van der Waals surface area (Å²) in [5, 5.41) is 7.55. The zero-order valence-electron chi connectivity index (χ0n) is 13.0. The highest BCUT2D eigenvalue weighted by Crippen LogP contribution is 2.37. The highest BCUT2D eigenvalue weighted by molar-refractivity contribution is 5.70. The predicted molar refractivity (Wildman–Crippen MR) is 73.6 cm³/mol. The fourth-order valence-electron chi connectivity index (χ4n) is 2.56. The number of esters is 1. The molecule has 22 heavy (non-hydrogen) atoms. The number of alkyl halides is 2. The van der Waals surface area contributed by atoms with Gasteiger partial charge < -0.3 is 9.47 Å². The average molecular weight is 317 g/mol. The topological polar surface area (TPSA) is 66.2 Å². The molecule has 124 valence electrons. The van der Waals surface area contributed by atoms with E-state index in [0.29, 0.717) is 18.5 Å². The number of methoxy groups -OCH3 is 1. The lowest BCUT2D eigenvalue weighted by Gasteiger charge is -2.25. The summed E-state index contributed by atoms with van der Waals surface area (Å²) in [5.74, 6) is -3.54. The smallest absolute Gasteiger partial charge is 0.331 e. The molecule has 0 spiro atoms. The first-order valence-corrected chi connectivity index (χ1v) is 7.36. The minimum absolute atomic E-state index is 0.0408. The molecule has 1 aliphatic carbocycles. The van der Waals surface area contributed by atoms with Crippen molar-refractivity contribution in [2.45, 2.75) is 57.6 Å². The second-order valence-electron chi connectivity index (χ2n) is 5.71. The van der Waals surface area contributed by atoms with Gasteiger partial charge in [0, 0.05) is 12.5 Å². The van der Waals surface area contributed by atoms with Gasteiger partial charge in [-0.25, -0.2) is 9.48 Å². The van der Waals surface area contributed by atoms with Gasteiger partial charge in [-0.1, -0.05) is 5.21 Å². The van der Waals surface area contributed by atoms with E-state index in [1.54, 1.807) is 0 Å². The zero-order chi connectivity index (χ0) is 16.3. The molecule has 0 saturated carbocycles. The minimum atomic E-state index is -3.03. The largest absolute Gasteiger partial charge is 0.467 e. The summed E-state index contributed by atoms with van der Waals surface area (Å²) in [6.07, 6.45) is 0.316. The molecule has 0 aromatic carbocycles. The molecule has 0 fully saturated rings. The molecule has 0 amide bonds. The Kier molecular flexibility index (Phi) is 5.10. The average Bonchev–Trinajstić information content (AvgIpc) is 2.89. The van der Waals surface area contributed by atoms with Gasteiger partial charge in [-0.15, -0.1) is 5.10 Å².